The number of methoxy groups -OCH3 is 1. The maximum absolute atomic E-state index is 6.24. The van der Waals surface area contributed by atoms with E-state index in [0.717, 1.165) is 17.9 Å². The highest BCUT2D eigenvalue weighted by molar-refractivity contribution is 5.47. The normalized spacial score (nSPS) is 20.3. The summed E-state index contributed by atoms with van der Waals surface area (Å²) < 4.78 is 7.27. The number of ether oxygens (including phenoxy) is 1. The smallest absolute Gasteiger partial charge is 0.164 e. The van der Waals surface area contributed by atoms with Gasteiger partial charge in [-0.05, 0) is 29.8 Å². The van der Waals surface area contributed by atoms with Crippen LogP contribution in [0, 0.1) is 0 Å². The molecule has 4 rings (SSSR count). The number of para-hydroxylation sites is 1. The quantitative estimate of drug-likeness (QED) is 0.729. The number of hydrogen-bond donors (Lipinski definition) is 0. The fourth-order valence-electron chi connectivity index (χ4n) is 3.06. The summed E-state index contributed by atoms with van der Waals surface area (Å²) in [6.07, 6.45) is 6.28. The minimum atomic E-state index is -0.0696. The van der Waals surface area contributed by atoms with Gasteiger partial charge in [0.25, 0.3) is 0 Å². The molecule has 1 aromatic heterocycles. The van der Waals surface area contributed by atoms with Crippen molar-refractivity contribution in [3.63, 3.8) is 0 Å². The van der Waals surface area contributed by atoms with Gasteiger partial charge in [-0.1, -0.05) is 30.3 Å². The van der Waals surface area contributed by atoms with Gasteiger partial charge in [0.05, 0.1) is 25.2 Å². The molecule has 1 aliphatic heterocycles. The Balaban J connectivity index is 1.67. The van der Waals surface area contributed by atoms with Crippen molar-refractivity contribution in [1.82, 2.24) is 9.55 Å². The van der Waals surface area contributed by atoms with E-state index in [1.54, 1.807) is 19.6 Å². The van der Waals surface area contributed by atoms with Gasteiger partial charge in [0.1, 0.15) is 5.75 Å². The van der Waals surface area contributed by atoms with Gasteiger partial charge in [-0.2, -0.15) is 0 Å². The second-order valence-electron chi connectivity index (χ2n) is 5.76. The Morgan fingerprint density at radius 3 is 2.54 bits per heavy atom. The summed E-state index contributed by atoms with van der Waals surface area (Å²) in [5, 5.41) is 1.99. The highest BCUT2D eigenvalue weighted by Gasteiger charge is 2.35. The van der Waals surface area contributed by atoms with Crippen LogP contribution in [0.2, 0.25) is 0 Å². The van der Waals surface area contributed by atoms with Crippen LogP contribution in [0.4, 0.5) is 5.69 Å². The van der Waals surface area contributed by atoms with Crippen molar-refractivity contribution >= 4 is 5.69 Å². The molecule has 5 heteroatoms. The first-order valence-corrected chi connectivity index (χ1v) is 7.97. The minimum Gasteiger partial charge on any atom is -0.497 e. The number of rotatable bonds is 4. The predicted molar refractivity (Wildman–Crippen MR) is 91.6 cm³/mol. The molecule has 0 aliphatic carbocycles. The molecule has 0 bridgehead atoms. The Bertz CT molecular complexity index is 772. The third-order valence-corrected chi connectivity index (χ3v) is 4.31. The average molecular weight is 321 g/mol. The lowest BCUT2D eigenvalue weighted by Crippen LogP contribution is -2.21. The van der Waals surface area contributed by atoms with Crippen LogP contribution in [0.25, 0.3) is 0 Å². The van der Waals surface area contributed by atoms with Crippen LogP contribution in [0.15, 0.2) is 73.3 Å². The maximum atomic E-state index is 6.24. The van der Waals surface area contributed by atoms with Crippen LogP contribution in [-0.4, -0.2) is 16.7 Å². The van der Waals surface area contributed by atoms with Gasteiger partial charge in [-0.15, -0.1) is 0 Å². The highest BCUT2D eigenvalue weighted by Crippen LogP contribution is 2.42. The summed E-state index contributed by atoms with van der Waals surface area (Å²) in [6, 6.07) is 18.5. The zero-order valence-corrected chi connectivity index (χ0v) is 13.4. The standard InChI is InChI=1S/C19H19N3O2/c1-23-17-9-7-15(8-10-17)18-13-19(21-12-11-20-14-21)24-22(18)16-5-3-2-4-6-16/h2-12,14,18-19H,13H2,1H3. The third kappa shape index (κ3) is 2.74. The van der Waals surface area contributed by atoms with E-state index in [2.05, 4.69) is 29.2 Å². The lowest BCUT2D eigenvalue weighted by molar-refractivity contribution is 0.0346. The fourth-order valence-corrected chi connectivity index (χ4v) is 3.06. The van der Waals surface area contributed by atoms with Crippen LogP contribution in [0.5, 0.6) is 5.75 Å². The Hall–Kier alpha value is -2.79. The van der Waals surface area contributed by atoms with Crippen LogP contribution in [-0.2, 0) is 4.84 Å². The molecule has 2 aromatic carbocycles. The monoisotopic (exact) mass is 321 g/mol. The molecule has 1 aliphatic rings. The number of aromatic nitrogens is 2. The maximum Gasteiger partial charge on any atom is 0.164 e. The zero-order chi connectivity index (χ0) is 16.4. The van der Waals surface area contributed by atoms with Gasteiger partial charge in [-0.3, -0.25) is 0 Å². The molecule has 0 saturated carbocycles. The van der Waals surface area contributed by atoms with Crippen molar-refractivity contribution < 1.29 is 9.57 Å². The molecule has 1 fully saturated rings. The average Bonchev–Trinajstić information content (AvgIpc) is 3.32. The van der Waals surface area contributed by atoms with Gasteiger partial charge in [0.15, 0.2) is 6.23 Å². The summed E-state index contributed by atoms with van der Waals surface area (Å²) in [6.45, 7) is 0. The van der Waals surface area contributed by atoms with Crippen molar-refractivity contribution in [3.05, 3.63) is 78.9 Å². The molecule has 0 N–H and O–H groups in total. The zero-order valence-electron chi connectivity index (χ0n) is 13.4. The SMILES string of the molecule is COc1ccc(C2CC(n3ccnc3)ON2c2ccccc2)cc1. The molecule has 24 heavy (non-hydrogen) atoms. The third-order valence-electron chi connectivity index (χ3n) is 4.31. The Kier molecular flexibility index (Phi) is 3.92. The summed E-state index contributed by atoms with van der Waals surface area (Å²) in [4.78, 5) is 10.4. The van der Waals surface area contributed by atoms with Crippen LogP contribution >= 0.6 is 0 Å². The molecule has 3 aromatic rings. The van der Waals surface area contributed by atoms with Crippen LogP contribution in [0.3, 0.4) is 0 Å². The summed E-state index contributed by atoms with van der Waals surface area (Å²) in [7, 11) is 1.68. The van der Waals surface area contributed by atoms with Gasteiger partial charge >= 0.3 is 0 Å². The first kappa shape index (κ1) is 14.8. The van der Waals surface area contributed by atoms with Gasteiger partial charge in [-0.25, -0.2) is 14.9 Å². The predicted octanol–water partition coefficient (Wildman–Crippen LogP) is 3.97. The van der Waals surface area contributed by atoms with Gasteiger partial charge in [0.2, 0.25) is 0 Å². The Morgan fingerprint density at radius 2 is 1.88 bits per heavy atom. The van der Waals surface area contributed by atoms with E-state index >= 15 is 0 Å². The number of nitrogens with zero attached hydrogens (tertiary/aromatic N) is 3. The molecular weight excluding hydrogens is 302 g/mol. The Morgan fingerprint density at radius 1 is 1.08 bits per heavy atom. The molecule has 2 atom stereocenters. The second kappa shape index (κ2) is 6.37. The van der Waals surface area contributed by atoms with E-state index in [1.165, 1.54) is 5.56 Å². The number of imidazole rings is 1. The highest BCUT2D eigenvalue weighted by atomic mass is 16.7. The van der Waals surface area contributed by atoms with E-state index in [9.17, 15) is 0 Å². The van der Waals surface area contributed by atoms with Crippen molar-refractivity contribution in [3.8, 4) is 5.75 Å². The molecule has 122 valence electrons. The lowest BCUT2D eigenvalue weighted by atomic mass is 10.0. The fraction of sp³-hybridized carbons (Fsp3) is 0.211. The first-order chi connectivity index (χ1) is 11.8. The second-order valence-corrected chi connectivity index (χ2v) is 5.76. The molecule has 1 saturated heterocycles. The van der Waals surface area contributed by atoms with Crippen molar-refractivity contribution in [2.45, 2.75) is 18.7 Å². The summed E-state index contributed by atoms with van der Waals surface area (Å²) >= 11 is 0. The van der Waals surface area contributed by atoms with E-state index < -0.39 is 0 Å². The molecule has 0 radical (unpaired) electrons. The van der Waals surface area contributed by atoms with Crippen LogP contribution < -0.4 is 9.80 Å². The van der Waals surface area contributed by atoms with E-state index in [-0.39, 0.29) is 12.3 Å². The molecule has 0 spiro atoms. The Labute approximate surface area is 141 Å². The van der Waals surface area contributed by atoms with Crippen LogP contribution in [0.1, 0.15) is 24.3 Å². The van der Waals surface area contributed by atoms with Crippen molar-refractivity contribution in [2.75, 3.05) is 12.2 Å². The molecule has 2 unspecified atom stereocenters. The summed E-state index contributed by atoms with van der Waals surface area (Å²) in [5.41, 5.74) is 2.24. The van der Waals surface area contributed by atoms with Gasteiger partial charge < -0.3 is 9.30 Å². The number of benzene rings is 2. The van der Waals surface area contributed by atoms with E-state index in [0.29, 0.717) is 0 Å². The van der Waals surface area contributed by atoms with E-state index in [4.69, 9.17) is 9.57 Å². The molecule has 5 nitrogen and oxygen atoms in total. The number of hydrogen-bond acceptors (Lipinski definition) is 4. The summed E-state index contributed by atoms with van der Waals surface area (Å²) in [5.74, 6) is 0.857. The minimum absolute atomic E-state index is 0.0696. The van der Waals surface area contributed by atoms with Crippen molar-refractivity contribution in [1.29, 1.82) is 0 Å². The lowest BCUT2D eigenvalue weighted by Gasteiger charge is -2.25. The van der Waals surface area contributed by atoms with E-state index in [1.807, 2.05) is 46.2 Å². The van der Waals surface area contributed by atoms with Gasteiger partial charge in [0, 0.05) is 18.8 Å². The first-order valence-electron chi connectivity index (χ1n) is 7.97. The topological polar surface area (TPSA) is 39.5 Å². The number of anilines is 1. The molecular formula is C19H19N3O2. The largest absolute Gasteiger partial charge is 0.497 e. The molecule has 2 heterocycles. The van der Waals surface area contributed by atoms with Crippen molar-refractivity contribution in [2.24, 2.45) is 0 Å². The number of hydroxylamine groups is 1. The molecule has 0 amide bonds.